The van der Waals surface area contributed by atoms with Gasteiger partial charge in [-0.1, -0.05) is 12.1 Å². The normalized spacial score (nSPS) is 15.1. The molecule has 0 saturated heterocycles. The highest BCUT2D eigenvalue weighted by Crippen LogP contribution is 2.39. The number of urea groups is 1. The summed E-state index contributed by atoms with van der Waals surface area (Å²) in [6.45, 7) is 3.02. The number of carbonyl (C=O) groups is 1. The molecule has 1 aliphatic heterocycles. The number of fused-ring (bicyclic) bond motifs is 3. The third-order valence-corrected chi connectivity index (χ3v) is 6.20. The third kappa shape index (κ3) is 4.05. The number of H-pyrrole nitrogens is 1. The Morgan fingerprint density at radius 3 is 2.53 bits per heavy atom. The van der Waals surface area contributed by atoms with Gasteiger partial charge in [-0.3, -0.25) is 0 Å². The molecule has 0 fully saturated rings. The van der Waals surface area contributed by atoms with E-state index in [4.69, 9.17) is 9.47 Å². The molecular formula is C27H26FN3O3. The minimum Gasteiger partial charge on any atom is -0.497 e. The van der Waals surface area contributed by atoms with Crippen molar-refractivity contribution in [3.8, 4) is 11.5 Å². The van der Waals surface area contributed by atoms with E-state index < -0.39 is 0 Å². The van der Waals surface area contributed by atoms with Crippen molar-refractivity contribution < 1.29 is 18.7 Å². The molecule has 0 unspecified atom stereocenters. The van der Waals surface area contributed by atoms with E-state index in [-0.39, 0.29) is 17.9 Å². The monoisotopic (exact) mass is 459 g/mol. The Balaban J connectivity index is 1.52. The van der Waals surface area contributed by atoms with Gasteiger partial charge in [-0.15, -0.1) is 0 Å². The Labute approximate surface area is 197 Å². The van der Waals surface area contributed by atoms with E-state index in [1.165, 1.54) is 12.1 Å². The highest BCUT2D eigenvalue weighted by Gasteiger charge is 2.34. The third-order valence-electron chi connectivity index (χ3n) is 6.20. The number of amides is 2. The minimum atomic E-state index is -0.384. The topological polar surface area (TPSA) is 66.6 Å². The van der Waals surface area contributed by atoms with Gasteiger partial charge in [0.05, 0.1) is 19.8 Å². The van der Waals surface area contributed by atoms with Crippen LogP contribution in [-0.2, 0) is 6.42 Å². The highest BCUT2D eigenvalue weighted by molar-refractivity contribution is 5.92. The zero-order valence-corrected chi connectivity index (χ0v) is 19.1. The number of anilines is 1. The quantitative estimate of drug-likeness (QED) is 0.391. The summed E-state index contributed by atoms with van der Waals surface area (Å²) in [4.78, 5) is 18.7. The van der Waals surface area contributed by atoms with Crippen LogP contribution in [0, 0.1) is 5.82 Å². The lowest BCUT2D eigenvalue weighted by Gasteiger charge is -2.36. The molecule has 34 heavy (non-hydrogen) atoms. The number of hydrogen-bond acceptors (Lipinski definition) is 3. The number of rotatable bonds is 5. The minimum absolute atomic E-state index is 0.222. The first-order chi connectivity index (χ1) is 16.6. The molecule has 1 aromatic heterocycles. The first kappa shape index (κ1) is 21.8. The molecule has 4 aromatic rings. The number of ether oxygens (including phenoxy) is 2. The fourth-order valence-electron chi connectivity index (χ4n) is 4.60. The summed E-state index contributed by atoms with van der Waals surface area (Å²) in [7, 11) is 1.65. The number of nitrogens with one attached hydrogen (secondary N) is 2. The molecule has 5 rings (SSSR count). The molecule has 1 atom stereocenters. The summed E-state index contributed by atoms with van der Waals surface area (Å²) in [5, 5.41) is 4.08. The van der Waals surface area contributed by atoms with Crippen LogP contribution in [-0.4, -0.2) is 36.2 Å². The molecule has 0 spiro atoms. The lowest BCUT2D eigenvalue weighted by Crippen LogP contribution is -2.43. The standard InChI is InChI=1S/C27H26FN3O3/c1-3-34-20-10-8-19(9-11-20)29-27(32)31-15-14-22-23-16-21(33-2)12-13-24(23)30-25(22)26(31)17-4-6-18(28)7-5-17/h4-13,16,26,30H,3,14-15H2,1-2H3,(H,29,32)/t26-/m1/s1. The van der Waals surface area contributed by atoms with Gasteiger partial charge in [0.2, 0.25) is 0 Å². The first-order valence-corrected chi connectivity index (χ1v) is 11.3. The molecule has 6 nitrogen and oxygen atoms in total. The molecule has 2 heterocycles. The molecule has 2 amide bonds. The maximum atomic E-state index is 13.7. The van der Waals surface area contributed by atoms with Crippen molar-refractivity contribution in [3.05, 3.63) is 89.4 Å². The van der Waals surface area contributed by atoms with Crippen molar-refractivity contribution in [1.82, 2.24) is 9.88 Å². The van der Waals surface area contributed by atoms with Crippen LogP contribution in [0.3, 0.4) is 0 Å². The molecular weight excluding hydrogens is 433 g/mol. The van der Waals surface area contributed by atoms with Crippen LogP contribution in [0.5, 0.6) is 11.5 Å². The lowest BCUT2D eigenvalue weighted by atomic mass is 9.92. The van der Waals surface area contributed by atoms with Crippen molar-refractivity contribution in [3.63, 3.8) is 0 Å². The van der Waals surface area contributed by atoms with Gasteiger partial charge in [-0.25, -0.2) is 9.18 Å². The van der Waals surface area contributed by atoms with Gasteiger partial charge in [0.15, 0.2) is 0 Å². The zero-order chi connectivity index (χ0) is 23.7. The SMILES string of the molecule is CCOc1ccc(NC(=O)N2CCc3c([nH]c4ccc(OC)cc34)[C@H]2c2ccc(F)cc2)cc1. The Morgan fingerprint density at radius 2 is 1.82 bits per heavy atom. The fraction of sp³-hybridized carbons (Fsp3) is 0.222. The number of aromatic nitrogens is 1. The number of carbonyl (C=O) groups excluding carboxylic acids is 1. The summed E-state index contributed by atoms with van der Waals surface area (Å²) in [6.07, 6.45) is 0.691. The molecule has 0 aliphatic carbocycles. The second-order valence-electron chi connectivity index (χ2n) is 8.21. The summed E-state index contributed by atoms with van der Waals surface area (Å²) >= 11 is 0. The van der Waals surface area contributed by atoms with Gasteiger partial charge in [-0.2, -0.15) is 0 Å². The maximum absolute atomic E-state index is 13.7. The van der Waals surface area contributed by atoms with Crippen molar-refractivity contribution in [1.29, 1.82) is 0 Å². The van der Waals surface area contributed by atoms with Crippen LogP contribution in [0.25, 0.3) is 10.9 Å². The summed E-state index contributed by atoms with van der Waals surface area (Å²) in [5.41, 5.74) is 4.57. The van der Waals surface area contributed by atoms with Gasteiger partial charge in [0.1, 0.15) is 17.3 Å². The average Bonchev–Trinajstić information content (AvgIpc) is 3.23. The Hall–Kier alpha value is -4.00. The zero-order valence-electron chi connectivity index (χ0n) is 19.1. The van der Waals surface area contributed by atoms with Crippen molar-refractivity contribution in [2.45, 2.75) is 19.4 Å². The van der Waals surface area contributed by atoms with Crippen molar-refractivity contribution in [2.75, 3.05) is 25.6 Å². The van der Waals surface area contributed by atoms with Crippen molar-refractivity contribution in [2.24, 2.45) is 0 Å². The number of halogens is 1. The Morgan fingerprint density at radius 1 is 1.09 bits per heavy atom. The molecule has 2 N–H and O–H groups in total. The van der Waals surface area contributed by atoms with Crippen LogP contribution in [0.1, 0.15) is 29.8 Å². The van der Waals surface area contributed by atoms with Gasteiger partial charge >= 0.3 is 6.03 Å². The molecule has 0 bridgehead atoms. The fourth-order valence-corrected chi connectivity index (χ4v) is 4.60. The van der Waals surface area contributed by atoms with E-state index in [9.17, 15) is 9.18 Å². The molecule has 0 radical (unpaired) electrons. The van der Waals surface area contributed by atoms with Crippen LogP contribution in [0.4, 0.5) is 14.9 Å². The predicted molar refractivity (Wildman–Crippen MR) is 130 cm³/mol. The van der Waals surface area contributed by atoms with E-state index in [2.05, 4.69) is 10.3 Å². The predicted octanol–water partition coefficient (Wildman–Crippen LogP) is 5.89. The maximum Gasteiger partial charge on any atom is 0.322 e. The van der Waals surface area contributed by atoms with Crippen LogP contribution in [0.15, 0.2) is 66.7 Å². The van der Waals surface area contributed by atoms with Crippen LogP contribution >= 0.6 is 0 Å². The Kier molecular flexibility index (Phi) is 5.84. The second kappa shape index (κ2) is 9.09. The largest absolute Gasteiger partial charge is 0.497 e. The van der Waals surface area contributed by atoms with E-state index in [1.807, 2.05) is 49.4 Å². The number of benzene rings is 3. The van der Waals surface area contributed by atoms with E-state index >= 15 is 0 Å². The summed E-state index contributed by atoms with van der Waals surface area (Å²) < 4.78 is 24.6. The summed E-state index contributed by atoms with van der Waals surface area (Å²) in [6, 6.07) is 18.9. The first-order valence-electron chi connectivity index (χ1n) is 11.3. The Bertz CT molecular complexity index is 1320. The molecule has 3 aromatic carbocycles. The van der Waals surface area contributed by atoms with Gasteiger partial charge < -0.3 is 24.7 Å². The molecule has 1 aliphatic rings. The molecule has 0 saturated carbocycles. The van der Waals surface area contributed by atoms with Gasteiger partial charge in [0, 0.05) is 28.8 Å². The van der Waals surface area contributed by atoms with E-state index in [1.54, 1.807) is 24.1 Å². The number of methoxy groups -OCH3 is 1. The van der Waals surface area contributed by atoms with E-state index in [0.717, 1.165) is 39.2 Å². The average molecular weight is 460 g/mol. The van der Waals surface area contributed by atoms with Gasteiger partial charge in [0.25, 0.3) is 0 Å². The summed E-state index contributed by atoms with van der Waals surface area (Å²) in [5.74, 6) is 1.22. The highest BCUT2D eigenvalue weighted by atomic mass is 19.1. The lowest BCUT2D eigenvalue weighted by molar-refractivity contribution is 0.193. The van der Waals surface area contributed by atoms with Gasteiger partial charge in [-0.05, 0) is 79.1 Å². The van der Waals surface area contributed by atoms with E-state index in [0.29, 0.717) is 25.3 Å². The van der Waals surface area contributed by atoms with Crippen LogP contribution < -0.4 is 14.8 Å². The molecule has 7 heteroatoms. The van der Waals surface area contributed by atoms with Crippen molar-refractivity contribution >= 4 is 22.6 Å². The smallest absolute Gasteiger partial charge is 0.322 e. The molecule has 174 valence electrons. The second-order valence-corrected chi connectivity index (χ2v) is 8.21. The number of hydrogen-bond donors (Lipinski definition) is 2. The number of aromatic amines is 1. The van der Waals surface area contributed by atoms with Crippen LogP contribution in [0.2, 0.25) is 0 Å². The number of nitrogens with zero attached hydrogens (tertiary/aromatic N) is 1.